The maximum absolute atomic E-state index is 12.1. The smallest absolute Gasteiger partial charge is 0.306 e. The van der Waals surface area contributed by atoms with E-state index in [0.29, 0.717) is 29.5 Å². The van der Waals surface area contributed by atoms with E-state index in [1.54, 1.807) is 31.2 Å². The number of esters is 1. The molecule has 0 saturated heterocycles. The van der Waals surface area contributed by atoms with Crippen LogP contribution >= 0.6 is 11.6 Å². The van der Waals surface area contributed by atoms with Crippen LogP contribution in [0.4, 0.5) is 5.69 Å². The SMILES string of the molecule is Cc1ccc(NC(=O)[C@@H](C)OC(=O)CCCOc2ccc(Cl)c(C)c2)cc1. The Morgan fingerprint density at radius 1 is 1.11 bits per heavy atom. The number of carbonyl (C=O) groups excluding carboxylic acids is 2. The van der Waals surface area contributed by atoms with Gasteiger partial charge in [-0.25, -0.2) is 0 Å². The zero-order chi connectivity index (χ0) is 19.8. The number of anilines is 1. The summed E-state index contributed by atoms with van der Waals surface area (Å²) in [5.74, 6) is -0.0892. The summed E-state index contributed by atoms with van der Waals surface area (Å²) >= 11 is 5.97. The fourth-order valence-electron chi connectivity index (χ4n) is 2.30. The summed E-state index contributed by atoms with van der Waals surface area (Å²) in [6.07, 6.45) is -0.194. The normalized spacial score (nSPS) is 11.6. The van der Waals surface area contributed by atoms with Gasteiger partial charge in [0, 0.05) is 17.1 Å². The minimum atomic E-state index is -0.862. The molecule has 0 aliphatic carbocycles. The van der Waals surface area contributed by atoms with Gasteiger partial charge in [-0.2, -0.15) is 0 Å². The van der Waals surface area contributed by atoms with E-state index in [2.05, 4.69) is 5.32 Å². The number of carbonyl (C=O) groups is 2. The summed E-state index contributed by atoms with van der Waals surface area (Å²) in [7, 11) is 0. The highest BCUT2D eigenvalue weighted by atomic mass is 35.5. The lowest BCUT2D eigenvalue weighted by atomic mass is 10.2. The zero-order valence-electron chi connectivity index (χ0n) is 15.8. The van der Waals surface area contributed by atoms with Gasteiger partial charge < -0.3 is 14.8 Å². The molecular weight excluding hydrogens is 366 g/mol. The molecule has 0 aromatic heterocycles. The van der Waals surface area contributed by atoms with Gasteiger partial charge in [-0.1, -0.05) is 29.3 Å². The summed E-state index contributed by atoms with van der Waals surface area (Å²) in [6.45, 7) is 5.79. The number of amides is 1. The summed E-state index contributed by atoms with van der Waals surface area (Å²) < 4.78 is 10.8. The number of benzene rings is 2. The molecule has 0 bridgehead atoms. The first kappa shape index (κ1) is 20.8. The molecule has 1 N–H and O–H groups in total. The maximum Gasteiger partial charge on any atom is 0.306 e. The molecule has 2 rings (SSSR count). The zero-order valence-corrected chi connectivity index (χ0v) is 16.5. The van der Waals surface area contributed by atoms with E-state index in [1.165, 1.54) is 0 Å². The van der Waals surface area contributed by atoms with Crippen LogP contribution in [-0.2, 0) is 14.3 Å². The number of nitrogens with one attached hydrogen (secondary N) is 1. The van der Waals surface area contributed by atoms with Crippen LogP contribution in [0, 0.1) is 13.8 Å². The molecule has 0 spiro atoms. The Labute approximate surface area is 164 Å². The highest BCUT2D eigenvalue weighted by Gasteiger charge is 2.17. The highest BCUT2D eigenvalue weighted by Crippen LogP contribution is 2.21. The van der Waals surface area contributed by atoms with Gasteiger partial charge in [0.2, 0.25) is 0 Å². The van der Waals surface area contributed by atoms with Crippen molar-refractivity contribution in [3.8, 4) is 5.75 Å². The van der Waals surface area contributed by atoms with Crippen molar-refractivity contribution in [2.24, 2.45) is 0 Å². The molecule has 144 valence electrons. The third kappa shape index (κ3) is 6.94. The van der Waals surface area contributed by atoms with E-state index in [1.807, 2.05) is 32.0 Å². The number of hydrogen-bond acceptors (Lipinski definition) is 4. The van der Waals surface area contributed by atoms with Gasteiger partial charge in [0.25, 0.3) is 5.91 Å². The van der Waals surface area contributed by atoms with Gasteiger partial charge >= 0.3 is 5.97 Å². The van der Waals surface area contributed by atoms with Gasteiger partial charge in [-0.05, 0) is 63.1 Å². The standard InChI is InChI=1S/C21H24ClNO4/c1-14-6-8-17(9-7-14)23-21(25)16(3)27-20(24)5-4-12-26-18-10-11-19(22)15(2)13-18/h6-11,13,16H,4-5,12H2,1-3H3,(H,23,25)/t16-/m1/s1. The predicted octanol–water partition coefficient (Wildman–Crippen LogP) is 4.69. The second kappa shape index (κ2) is 9.97. The molecule has 0 aliphatic rings. The van der Waals surface area contributed by atoms with Crippen LogP contribution in [0.15, 0.2) is 42.5 Å². The van der Waals surface area contributed by atoms with E-state index in [4.69, 9.17) is 21.1 Å². The Bertz CT molecular complexity index is 789. The molecule has 1 atom stereocenters. The molecule has 6 heteroatoms. The van der Waals surface area contributed by atoms with Gasteiger partial charge in [-0.15, -0.1) is 0 Å². The maximum atomic E-state index is 12.1. The van der Waals surface area contributed by atoms with Crippen LogP contribution < -0.4 is 10.1 Å². The second-order valence-corrected chi connectivity index (χ2v) is 6.76. The van der Waals surface area contributed by atoms with Gasteiger partial charge in [0.15, 0.2) is 6.10 Å². The third-order valence-corrected chi connectivity index (χ3v) is 4.34. The molecule has 0 fully saturated rings. The highest BCUT2D eigenvalue weighted by molar-refractivity contribution is 6.31. The Morgan fingerprint density at radius 2 is 1.81 bits per heavy atom. The van der Waals surface area contributed by atoms with Crippen molar-refractivity contribution in [1.82, 2.24) is 0 Å². The molecule has 2 aromatic rings. The Kier molecular flexibility index (Phi) is 7.67. The molecule has 2 aromatic carbocycles. The van der Waals surface area contributed by atoms with Crippen LogP contribution in [0.5, 0.6) is 5.75 Å². The van der Waals surface area contributed by atoms with E-state index >= 15 is 0 Å². The van der Waals surface area contributed by atoms with Crippen LogP contribution in [-0.4, -0.2) is 24.6 Å². The summed E-state index contributed by atoms with van der Waals surface area (Å²) in [5, 5.41) is 3.41. The van der Waals surface area contributed by atoms with Crippen molar-refractivity contribution in [2.75, 3.05) is 11.9 Å². The van der Waals surface area contributed by atoms with Crippen molar-refractivity contribution in [3.05, 3.63) is 58.6 Å². The minimum absolute atomic E-state index is 0.175. The third-order valence-electron chi connectivity index (χ3n) is 3.92. The predicted molar refractivity (Wildman–Crippen MR) is 106 cm³/mol. The van der Waals surface area contributed by atoms with Crippen LogP contribution in [0.3, 0.4) is 0 Å². The van der Waals surface area contributed by atoms with Gasteiger partial charge in [-0.3, -0.25) is 9.59 Å². The van der Waals surface area contributed by atoms with E-state index in [9.17, 15) is 9.59 Å². The molecule has 0 saturated carbocycles. The Morgan fingerprint density at radius 3 is 2.48 bits per heavy atom. The average molecular weight is 390 g/mol. The van der Waals surface area contributed by atoms with Crippen molar-refractivity contribution in [2.45, 2.75) is 39.7 Å². The molecule has 0 unspecified atom stereocenters. The second-order valence-electron chi connectivity index (χ2n) is 6.35. The first-order valence-corrected chi connectivity index (χ1v) is 9.19. The lowest BCUT2D eigenvalue weighted by Gasteiger charge is -2.14. The quantitative estimate of drug-likeness (QED) is 0.525. The Balaban J connectivity index is 1.68. The fourth-order valence-corrected chi connectivity index (χ4v) is 2.42. The minimum Gasteiger partial charge on any atom is -0.494 e. The lowest BCUT2D eigenvalue weighted by molar-refractivity contribution is -0.153. The molecule has 0 radical (unpaired) electrons. The molecule has 1 amide bonds. The molecular formula is C21H24ClNO4. The lowest BCUT2D eigenvalue weighted by Crippen LogP contribution is -2.30. The van der Waals surface area contributed by atoms with E-state index < -0.39 is 12.1 Å². The van der Waals surface area contributed by atoms with Crippen molar-refractivity contribution < 1.29 is 19.1 Å². The van der Waals surface area contributed by atoms with Gasteiger partial charge in [0.1, 0.15) is 5.75 Å². The summed E-state index contributed by atoms with van der Waals surface area (Å²) in [6, 6.07) is 12.8. The number of rotatable bonds is 8. The fraction of sp³-hybridized carbons (Fsp3) is 0.333. The molecule has 5 nitrogen and oxygen atoms in total. The first-order valence-electron chi connectivity index (χ1n) is 8.81. The summed E-state index contributed by atoms with van der Waals surface area (Å²) in [4.78, 5) is 24.0. The first-order chi connectivity index (χ1) is 12.8. The summed E-state index contributed by atoms with van der Waals surface area (Å²) in [5.41, 5.74) is 2.70. The molecule has 27 heavy (non-hydrogen) atoms. The number of halogens is 1. The largest absolute Gasteiger partial charge is 0.494 e. The molecule has 0 heterocycles. The van der Waals surface area contributed by atoms with E-state index in [0.717, 1.165) is 11.1 Å². The van der Waals surface area contributed by atoms with Crippen molar-refractivity contribution in [1.29, 1.82) is 0 Å². The van der Waals surface area contributed by atoms with Crippen LogP contribution in [0.2, 0.25) is 5.02 Å². The topological polar surface area (TPSA) is 64.6 Å². The molecule has 0 aliphatic heterocycles. The van der Waals surface area contributed by atoms with Gasteiger partial charge in [0.05, 0.1) is 6.61 Å². The number of aryl methyl sites for hydroxylation is 2. The monoisotopic (exact) mass is 389 g/mol. The van der Waals surface area contributed by atoms with Crippen molar-refractivity contribution >= 4 is 29.2 Å². The van der Waals surface area contributed by atoms with Crippen LogP contribution in [0.1, 0.15) is 30.9 Å². The van der Waals surface area contributed by atoms with Crippen molar-refractivity contribution in [3.63, 3.8) is 0 Å². The van der Waals surface area contributed by atoms with E-state index in [-0.39, 0.29) is 12.3 Å². The number of ether oxygens (including phenoxy) is 2. The Hall–Kier alpha value is -2.53. The average Bonchev–Trinajstić information content (AvgIpc) is 2.63. The van der Waals surface area contributed by atoms with Crippen LogP contribution in [0.25, 0.3) is 0 Å². The number of hydrogen-bond donors (Lipinski definition) is 1.